The molecule has 2 fully saturated rings. The Hall–Kier alpha value is -2.93. The lowest BCUT2D eigenvalue weighted by Gasteiger charge is -2.35. The molecule has 0 bridgehead atoms. The normalized spacial score (nSPS) is 19.5. The molecule has 1 atom stereocenters. The summed E-state index contributed by atoms with van der Waals surface area (Å²) in [6, 6.07) is 6.82. The fraction of sp³-hybridized carbons (Fsp3) is 0.458. The van der Waals surface area contributed by atoms with Gasteiger partial charge < -0.3 is 20.3 Å². The first kappa shape index (κ1) is 24.8. The fourth-order valence-electron chi connectivity index (χ4n) is 4.52. The molecule has 12 heteroatoms. The first-order valence-corrected chi connectivity index (χ1v) is 13.8. The number of nitrogens with one attached hydrogen (secondary N) is 2. The molecule has 10 nitrogen and oxygen atoms in total. The van der Waals surface area contributed by atoms with Gasteiger partial charge in [0.1, 0.15) is 11.3 Å². The van der Waals surface area contributed by atoms with E-state index < -0.39 is 10.0 Å². The SMILES string of the molecule is CCS(=O)(=O)N1CCN(c2ccc(-c3cc4nccnc4c(NC[C@@H]4CNCCO4)n3)cc2F)CC1. The molecule has 3 aromatic rings. The second-order valence-corrected chi connectivity index (χ2v) is 11.1. The zero-order chi connectivity index (χ0) is 25.1. The van der Waals surface area contributed by atoms with Gasteiger partial charge in [-0.3, -0.25) is 4.98 Å². The first-order chi connectivity index (χ1) is 17.4. The largest absolute Gasteiger partial charge is 0.374 e. The lowest BCUT2D eigenvalue weighted by atomic mass is 10.1. The van der Waals surface area contributed by atoms with Gasteiger partial charge in [-0.25, -0.2) is 22.8 Å². The highest BCUT2D eigenvalue weighted by Crippen LogP contribution is 2.30. The molecule has 192 valence electrons. The second kappa shape index (κ2) is 10.6. The number of ether oxygens (including phenoxy) is 1. The molecular formula is C24H30FN7O3S. The van der Waals surface area contributed by atoms with Crippen molar-refractivity contribution >= 4 is 32.6 Å². The quantitative estimate of drug-likeness (QED) is 0.486. The predicted molar refractivity (Wildman–Crippen MR) is 137 cm³/mol. The highest BCUT2D eigenvalue weighted by Gasteiger charge is 2.26. The van der Waals surface area contributed by atoms with Gasteiger partial charge in [0.2, 0.25) is 10.0 Å². The van der Waals surface area contributed by atoms with Gasteiger partial charge in [-0.2, -0.15) is 4.31 Å². The third-order valence-corrected chi connectivity index (χ3v) is 8.42. The molecular weight excluding hydrogens is 485 g/mol. The minimum atomic E-state index is -3.24. The molecule has 2 aliphatic heterocycles. The van der Waals surface area contributed by atoms with E-state index >= 15 is 4.39 Å². The molecule has 0 saturated carbocycles. The van der Waals surface area contributed by atoms with Crippen LogP contribution in [0.15, 0.2) is 36.7 Å². The summed E-state index contributed by atoms with van der Waals surface area (Å²) in [5, 5.41) is 6.64. The molecule has 4 heterocycles. The van der Waals surface area contributed by atoms with Crippen LogP contribution in [0, 0.1) is 5.82 Å². The summed E-state index contributed by atoms with van der Waals surface area (Å²) in [5.41, 5.74) is 2.95. The molecule has 0 radical (unpaired) electrons. The van der Waals surface area contributed by atoms with Gasteiger partial charge in [-0.15, -0.1) is 0 Å². The van der Waals surface area contributed by atoms with Crippen LogP contribution in [0.5, 0.6) is 0 Å². The Morgan fingerprint density at radius 2 is 1.97 bits per heavy atom. The number of hydrogen-bond donors (Lipinski definition) is 2. The third kappa shape index (κ3) is 5.26. The number of rotatable bonds is 7. The van der Waals surface area contributed by atoms with Crippen molar-refractivity contribution in [2.24, 2.45) is 0 Å². The Kier molecular flexibility index (Phi) is 7.28. The topological polar surface area (TPSA) is 113 Å². The molecule has 0 amide bonds. The standard InChI is InChI=1S/C24H30FN7O3S/c1-2-36(33,34)32-10-8-31(9-11-32)22-4-3-17(13-19(22)25)20-14-21-23(28-6-5-27-21)24(30-20)29-16-18-15-26-7-12-35-18/h3-6,13-14,18,26H,2,7-12,15-16H2,1H3,(H,29,30)/t18-/m0/s1. The zero-order valence-electron chi connectivity index (χ0n) is 20.2. The maximum absolute atomic E-state index is 15.3. The van der Waals surface area contributed by atoms with Crippen molar-refractivity contribution in [1.29, 1.82) is 0 Å². The molecule has 2 N–H and O–H groups in total. The summed E-state index contributed by atoms with van der Waals surface area (Å²) in [6.45, 7) is 6.01. The molecule has 2 saturated heterocycles. The Bertz CT molecular complexity index is 1330. The number of sulfonamides is 1. The van der Waals surface area contributed by atoms with Gasteiger partial charge in [0.15, 0.2) is 5.82 Å². The van der Waals surface area contributed by atoms with E-state index in [0.717, 1.165) is 13.1 Å². The van der Waals surface area contributed by atoms with Crippen LogP contribution >= 0.6 is 0 Å². The van der Waals surface area contributed by atoms with E-state index in [1.165, 1.54) is 10.4 Å². The van der Waals surface area contributed by atoms with Gasteiger partial charge >= 0.3 is 0 Å². The van der Waals surface area contributed by atoms with Gasteiger partial charge in [0, 0.05) is 63.8 Å². The number of aromatic nitrogens is 3. The molecule has 2 aliphatic rings. The van der Waals surface area contributed by atoms with Crippen molar-refractivity contribution in [3.63, 3.8) is 0 Å². The van der Waals surface area contributed by atoms with Gasteiger partial charge in [0.25, 0.3) is 0 Å². The van der Waals surface area contributed by atoms with E-state index in [4.69, 9.17) is 9.72 Å². The summed E-state index contributed by atoms with van der Waals surface area (Å²) >= 11 is 0. The maximum Gasteiger partial charge on any atom is 0.213 e. The smallest absolute Gasteiger partial charge is 0.213 e. The van der Waals surface area contributed by atoms with Crippen LogP contribution < -0.4 is 15.5 Å². The van der Waals surface area contributed by atoms with Crippen molar-refractivity contribution < 1.29 is 17.5 Å². The first-order valence-electron chi connectivity index (χ1n) is 12.2. The maximum atomic E-state index is 15.3. The number of halogens is 1. The predicted octanol–water partition coefficient (Wildman–Crippen LogP) is 1.70. The average Bonchev–Trinajstić information content (AvgIpc) is 2.92. The van der Waals surface area contributed by atoms with Crippen LogP contribution in [0.3, 0.4) is 0 Å². The Morgan fingerprint density at radius 1 is 1.17 bits per heavy atom. The number of nitrogens with zero attached hydrogens (tertiary/aromatic N) is 5. The number of pyridine rings is 1. The highest BCUT2D eigenvalue weighted by atomic mass is 32.2. The number of morpholine rings is 1. The number of anilines is 2. The van der Waals surface area contributed by atoms with E-state index in [2.05, 4.69) is 20.6 Å². The third-order valence-electron chi connectivity index (χ3n) is 6.54. The molecule has 36 heavy (non-hydrogen) atoms. The number of fused-ring (bicyclic) bond motifs is 1. The summed E-state index contributed by atoms with van der Waals surface area (Å²) in [4.78, 5) is 15.5. The lowest BCUT2D eigenvalue weighted by Crippen LogP contribution is -2.49. The van der Waals surface area contributed by atoms with Crippen LogP contribution in [-0.4, -0.2) is 92.0 Å². The van der Waals surface area contributed by atoms with Gasteiger partial charge in [0.05, 0.1) is 35.4 Å². The van der Waals surface area contributed by atoms with Crippen LogP contribution in [0.1, 0.15) is 6.92 Å². The Morgan fingerprint density at radius 3 is 2.69 bits per heavy atom. The number of hydrogen-bond acceptors (Lipinski definition) is 9. The molecule has 1 aromatic carbocycles. The molecule has 2 aromatic heterocycles. The van der Waals surface area contributed by atoms with Gasteiger partial charge in [-0.1, -0.05) is 6.07 Å². The summed E-state index contributed by atoms with van der Waals surface area (Å²) in [7, 11) is -3.24. The second-order valence-electron chi connectivity index (χ2n) is 8.81. The minimum Gasteiger partial charge on any atom is -0.374 e. The molecule has 0 spiro atoms. The summed E-state index contributed by atoms with van der Waals surface area (Å²) in [5.74, 6) is 0.264. The van der Waals surface area contributed by atoms with Gasteiger partial charge in [-0.05, 0) is 25.1 Å². The van der Waals surface area contributed by atoms with E-state index in [1.807, 2.05) is 11.0 Å². The van der Waals surface area contributed by atoms with E-state index in [0.29, 0.717) is 73.1 Å². The van der Waals surface area contributed by atoms with Crippen molar-refractivity contribution in [3.8, 4) is 11.3 Å². The van der Waals surface area contributed by atoms with Crippen molar-refractivity contribution in [3.05, 3.63) is 42.5 Å². The molecule has 5 rings (SSSR count). The summed E-state index contributed by atoms with van der Waals surface area (Å²) < 4.78 is 46.7. The number of benzene rings is 1. The Balaban J connectivity index is 1.37. The van der Waals surface area contributed by atoms with Crippen molar-refractivity contribution in [2.75, 3.05) is 68.4 Å². The van der Waals surface area contributed by atoms with E-state index in [9.17, 15) is 8.42 Å². The van der Waals surface area contributed by atoms with Crippen LogP contribution in [0.4, 0.5) is 15.9 Å². The molecule has 0 unspecified atom stereocenters. The van der Waals surface area contributed by atoms with Crippen LogP contribution in [0.25, 0.3) is 22.3 Å². The van der Waals surface area contributed by atoms with Crippen LogP contribution in [0.2, 0.25) is 0 Å². The molecule has 0 aliphatic carbocycles. The van der Waals surface area contributed by atoms with E-state index in [-0.39, 0.29) is 17.7 Å². The van der Waals surface area contributed by atoms with Crippen LogP contribution in [-0.2, 0) is 14.8 Å². The lowest BCUT2D eigenvalue weighted by molar-refractivity contribution is 0.0372. The number of piperazine rings is 1. The van der Waals surface area contributed by atoms with E-state index in [1.54, 1.807) is 31.5 Å². The van der Waals surface area contributed by atoms with Crippen molar-refractivity contribution in [1.82, 2.24) is 24.6 Å². The monoisotopic (exact) mass is 515 g/mol. The fourth-order valence-corrected chi connectivity index (χ4v) is 5.60. The minimum absolute atomic E-state index is 0.0143. The summed E-state index contributed by atoms with van der Waals surface area (Å²) in [6.07, 6.45) is 3.25. The average molecular weight is 516 g/mol. The van der Waals surface area contributed by atoms with Crippen molar-refractivity contribution in [2.45, 2.75) is 13.0 Å². The zero-order valence-corrected chi connectivity index (χ0v) is 21.0. The Labute approximate surface area is 209 Å². The highest BCUT2D eigenvalue weighted by molar-refractivity contribution is 7.89.